The zero-order valence-electron chi connectivity index (χ0n) is 10.4. The number of amides is 2. The average Bonchev–Trinajstić information content (AvgIpc) is 2.40. The van der Waals surface area contributed by atoms with Crippen molar-refractivity contribution in [1.29, 1.82) is 0 Å². The molecule has 0 saturated carbocycles. The summed E-state index contributed by atoms with van der Waals surface area (Å²) in [6, 6.07) is 3.39. The maximum Gasteiger partial charge on any atom is 0.327 e. The van der Waals surface area contributed by atoms with Crippen LogP contribution in [0.25, 0.3) is 0 Å². The Morgan fingerprint density at radius 3 is 3.11 bits per heavy atom. The third-order valence-electron chi connectivity index (χ3n) is 3.45. The summed E-state index contributed by atoms with van der Waals surface area (Å²) in [5.41, 5.74) is 1.43. The van der Waals surface area contributed by atoms with Gasteiger partial charge in [0.25, 0.3) is 0 Å². The number of benzene rings is 1. The highest BCUT2D eigenvalue weighted by atomic mass is 79.9. The van der Waals surface area contributed by atoms with E-state index in [4.69, 9.17) is 0 Å². The summed E-state index contributed by atoms with van der Waals surface area (Å²) >= 11 is 3.24. The van der Waals surface area contributed by atoms with Gasteiger partial charge < -0.3 is 5.32 Å². The van der Waals surface area contributed by atoms with Gasteiger partial charge in [0.1, 0.15) is 5.84 Å². The number of urea groups is 1. The molecule has 19 heavy (non-hydrogen) atoms. The smallest absolute Gasteiger partial charge is 0.304 e. The number of nitrogens with zero attached hydrogens (tertiary/aromatic N) is 2. The normalized spacial score (nSPS) is 21.4. The van der Waals surface area contributed by atoms with Crippen molar-refractivity contribution in [3.63, 3.8) is 0 Å². The van der Waals surface area contributed by atoms with Gasteiger partial charge in [0, 0.05) is 23.0 Å². The van der Waals surface area contributed by atoms with E-state index < -0.39 is 0 Å². The topological polar surface area (TPSA) is 44.7 Å². The second-order valence-electron chi connectivity index (χ2n) is 4.77. The summed E-state index contributed by atoms with van der Waals surface area (Å²) in [6.45, 7) is 2.62. The van der Waals surface area contributed by atoms with Crippen molar-refractivity contribution in [3.8, 4) is 0 Å². The molecule has 4 nitrogen and oxygen atoms in total. The first-order valence-electron chi connectivity index (χ1n) is 6.16. The van der Waals surface area contributed by atoms with Crippen molar-refractivity contribution >= 4 is 33.5 Å². The van der Waals surface area contributed by atoms with Crippen LogP contribution in [0.2, 0.25) is 0 Å². The lowest BCUT2D eigenvalue weighted by molar-refractivity contribution is 0.229. The van der Waals surface area contributed by atoms with Crippen molar-refractivity contribution in [2.24, 2.45) is 4.99 Å². The number of alkyl halides is 1. The van der Waals surface area contributed by atoms with Gasteiger partial charge in [-0.25, -0.2) is 9.18 Å². The van der Waals surface area contributed by atoms with Crippen molar-refractivity contribution in [2.75, 3.05) is 11.9 Å². The van der Waals surface area contributed by atoms with E-state index in [-0.39, 0.29) is 23.6 Å². The summed E-state index contributed by atoms with van der Waals surface area (Å²) in [4.78, 5) is 18.1. The number of halogens is 2. The summed E-state index contributed by atoms with van der Waals surface area (Å²) in [5.74, 6) is 0.195. The average molecular weight is 326 g/mol. The van der Waals surface area contributed by atoms with Crippen LogP contribution in [0.5, 0.6) is 0 Å². The molecule has 0 unspecified atom stereocenters. The molecule has 0 spiro atoms. The number of nitrogens with one attached hydrogen (secondary N) is 1. The highest BCUT2D eigenvalue weighted by Crippen LogP contribution is 2.31. The SMILES string of the molecule is C[C@H]1CCN2C(=O)Nc3c(ccc(CBr)c3F)C2=N1. The fourth-order valence-electron chi connectivity index (χ4n) is 2.38. The quantitative estimate of drug-likeness (QED) is 0.792. The number of hydrogen-bond acceptors (Lipinski definition) is 2. The maximum absolute atomic E-state index is 14.3. The van der Waals surface area contributed by atoms with Crippen molar-refractivity contribution in [2.45, 2.75) is 24.7 Å². The Morgan fingerprint density at radius 1 is 1.58 bits per heavy atom. The van der Waals surface area contributed by atoms with Gasteiger partial charge in [0.2, 0.25) is 0 Å². The van der Waals surface area contributed by atoms with Crippen LogP contribution in [0.15, 0.2) is 17.1 Å². The summed E-state index contributed by atoms with van der Waals surface area (Å²) in [6.07, 6.45) is 0.828. The molecule has 0 saturated heterocycles. The molecule has 6 heteroatoms. The van der Waals surface area contributed by atoms with E-state index in [2.05, 4.69) is 26.2 Å². The van der Waals surface area contributed by atoms with Gasteiger partial charge in [-0.2, -0.15) is 0 Å². The van der Waals surface area contributed by atoms with Crippen LogP contribution in [0, 0.1) is 5.82 Å². The Kier molecular flexibility index (Phi) is 3.05. The summed E-state index contributed by atoms with van der Waals surface area (Å²) in [5, 5.41) is 3.04. The third kappa shape index (κ3) is 1.94. The first-order valence-corrected chi connectivity index (χ1v) is 7.28. The number of carbonyl (C=O) groups is 1. The number of amidine groups is 1. The molecule has 1 aromatic carbocycles. The largest absolute Gasteiger partial charge is 0.327 e. The first-order chi connectivity index (χ1) is 9.11. The van der Waals surface area contributed by atoms with Crippen LogP contribution in [-0.2, 0) is 5.33 Å². The minimum Gasteiger partial charge on any atom is -0.304 e. The predicted molar refractivity (Wildman–Crippen MR) is 75.4 cm³/mol. The molecular weight excluding hydrogens is 313 g/mol. The number of anilines is 1. The summed E-state index contributed by atoms with van der Waals surface area (Å²) < 4.78 is 14.3. The van der Waals surface area contributed by atoms with Crippen molar-refractivity contribution in [1.82, 2.24) is 4.90 Å². The zero-order valence-corrected chi connectivity index (χ0v) is 12.0. The minimum atomic E-state index is -0.386. The van der Waals surface area contributed by atoms with Crippen molar-refractivity contribution in [3.05, 3.63) is 29.1 Å². The Bertz CT molecular complexity index is 587. The molecule has 100 valence electrons. The molecule has 0 fully saturated rings. The van der Waals surface area contributed by atoms with Gasteiger partial charge in [0.05, 0.1) is 11.7 Å². The zero-order chi connectivity index (χ0) is 13.6. The molecule has 2 aliphatic heterocycles. The minimum absolute atomic E-state index is 0.156. The van der Waals surface area contributed by atoms with E-state index in [1.165, 1.54) is 0 Å². The van der Waals surface area contributed by atoms with Gasteiger partial charge in [-0.05, 0) is 19.4 Å². The predicted octanol–water partition coefficient (Wildman–Crippen LogP) is 3.11. The van der Waals surface area contributed by atoms with E-state index in [1.807, 2.05) is 13.0 Å². The number of rotatable bonds is 1. The number of carbonyl (C=O) groups excluding carboxylic acids is 1. The van der Waals surface area contributed by atoms with Crippen LogP contribution in [0.4, 0.5) is 14.9 Å². The highest BCUT2D eigenvalue weighted by molar-refractivity contribution is 9.08. The lowest BCUT2D eigenvalue weighted by Gasteiger charge is -2.35. The molecule has 2 amide bonds. The van der Waals surface area contributed by atoms with Gasteiger partial charge in [-0.3, -0.25) is 9.89 Å². The lowest BCUT2D eigenvalue weighted by atomic mass is 10.0. The fourth-order valence-corrected chi connectivity index (χ4v) is 2.82. The molecule has 2 heterocycles. The fraction of sp³-hybridized carbons (Fsp3) is 0.385. The van der Waals surface area contributed by atoms with Gasteiger partial charge in [-0.1, -0.05) is 22.0 Å². The van der Waals surface area contributed by atoms with Gasteiger partial charge in [-0.15, -0.1) is 0 Å². The first kappa shape index (κ1) is 12.6. The Morgan fingerprint density at radius 2 is 2.37 bits per heavy atom. The number of hydrogen-bond donors (Lipinski definition) is 1. The molecule has 0 radical (unpaired) electrons. The van der Waals surface area contributed by atoms with Crippen LogP contribution >= 0.6 is 15.9 Å². The Balaban J connectivity index is 2.18. The van der Waals surface area contributed by atoms with E-state index in [0.717, 1.165) is 6.42 Å². The molecule has 1 N–H and O–H groups in total. The standard InChI is InChI=1S/C13H13BrFN3O/c1-7-4-5-18-12(16-7)9-3-2-8(6-14)10(15)11(9)17-13(18)19/h2-3,7H,4-6H2,1H3,(H,17,19)/t7-/m0/s1. The number of fused-ring (bicyclic) bond motifs is 3. The van der Waals surface area contributed by atoms with E-state index in [1.54, 1.807) is 11.0 Å². The molecular formula is C13H13BrFN3O. The van der Waals surface area contributed by atoms with Crippen LogP contribution in [-0.4, -0.2) is 29.4 Å². The third-order valence-corrected chi connectivity index (χ3v) is 4.06. The molecule has 0 bridgehead atoms. The van der Waals surface area contributed by atoms with E-state index in [0.29, 0.717) is 28.8 Å². The van der Waals surface area contributed by atoms with Crippen LogP contribution < -0.4 is 5.32 Å². The van der Waals surface area contributed by atoms with Gasteiger partial charge in [0.15, 0.2) is 5.82 Å². The molecule has 0 aromatic heterocycles. The van der Waals surface area contributed by atoms with Crippen molar-refractivity contribution < 1.29 is 9.18 Å². The van der Waals surface area contributed by atoms with Crippen LogP contribution in [0.3, 0.4) is 0 Å². The van der Waals surface area contributed by atoms with E-state index in [9.17, 15) is 9.18 Å². The molecule has 1 atom stereocenters. The monoisotopic (exact) mass is 325 g/mol. The van der Waals surface area contributed by atoms with Crippen LogP contribution in [0.1, 0.15) is 24.5 Å². The Labute approximate surface area is 118 Å². The molecule has 1 aromatic rings. The van der Waals surface area contributed by atoms with E-state index >= 15 is 0 Å². The highest BCUT2D eigenvalue weighted by Gasteiger charge is 2.34. The molecule has 0 aliphatic carbocycles. The second-order valence-corrected chi connectivity index (χ2v) is 5.33. The Hall–Kier alpha value is -1.43. The second kappa shape index (κ2) is 4.59. The number of aliphatic imine (C=N–C) groups is 1. The maximum atomic E-state index is 14.3. The lowest BCUT2D eigenvalue weighted by Crippen LogP contribution is -2.48. The van der Waals surface area contributed by atoms with Gasteiger partial charge >= 0.3 is 6.03 Å². The molecule has 2 aliphatic rings. The summed E-state index contributed by atoms with van der Waals surface area (Å²) in [7, 11) is 0. The molecule has 3 rings (SSSR count).